The molecule has 0 aliphatic heterocycles. The summed E-state index contributed by atoms with van der Waals surface area (Å²) in [5, 5.41) is 18.6. The molecule has 0 aliphatic rings. The maximum atomic E-state index is 12.6. The molecule has 0 N–H and O–H groups in total. The van der Waals surface area contributed by atoms with E-state index in [1.165, 1.54) is 31.2 Å². The fourth-order valence-corrected chi connectivity index (χ4v) is 2.01. The van der Waals surface area contributed by atoms with Crippen molar-refractivity contribution in [3.8, 4) is 11.5 Å². The minimum Gasteiger partial charge on any atom is -0.493 e. The average Bonchev–Trinajstić information content (AvgIpc) is 3.01. The average molecular weight is 306 g/mol. The van der Waals surface area contributed by atoms with Crippen LogP contribution in [0, 0.1) is 10.1 Å². The smallest absolute Gasteiger partial charge is 0.284 e. The second-order valence-corrected chi connectivity index (χ2v) is 4.25. The van der Waals surface area contributed by atoms with Gasteiger partial charge in [0.2, 0.25) is 5.78 Å². The van der Waals surface area contributed by atoms with Crippen LogP contribution in [0.15, 0.2) is 18.3 Å². The third-order valence-corrected chi connectivity index (χ3v) is 3.09. The number of hydrogen-bond acceptors (Lipinski definition) is 7. The molecule has 0 saturated carbocycles. The predicted octanol–water partition coefficient (Wildman–Crippen LogP) is 1.45. The lowest BCUT2D eigenvalue weighted by atomic mass is 10.1. The van der Waals surface area contributed by atoms with Gasteiger partial charge >= 0.3 is 0 Å². The molecule has 116 valence electrons. The van der Waals surface area contributed by atoms with Gasteiger partial charge in [0.15, 0.2) is 11.5 Å². The van der Waals surface area contributed by atoms with E-state index in [-0.39, 0.29) is 28.4 Å². The van der Waals surface area contributed by atoms with E-state index in [0.717, 1.165) is 6.07 Å². The molecule has 0 aliphatic carbocycles. The lowest BCUT2D eigenvalue weighted by molar-refractivity contribution is -0.385. The number of aromatic nitrogens is 3. The first-order chi connectivity index (χ1) is 10.5. The van der Waals surface area contributed by atoms with Gasteiger partial charge in [-0.1, -0.05) is 5.21 Å². The molecule has 22 heavy (non-hydrogen) atoms. The van der Waals surface area contributed by atoms with Crippen LogP contribution in [0.5, 0.6) is 11.5 Å². The highest BCUT2D eigenvalue weighted by Crippen LogP contribution is 2.35. The molecule has 1 aromatic carbocycles. The van der Waals surface area contributed by atoms with Crippen LogP contribution in [-0.2, 0) is 6.54 Å². The second kappa shape index (κ2) is 6.20. The minimum absolute atomic E-state index is 0.111. The fraction of sp³-hybridized carbons (Fsp3) is 0.308. The topological polar surface area (TPSA) is 109 Å². The van der Waals surface area contributed by atoms with Gasteiger partial charge in [0.05, 0.1) is 31.4 Å². The zero-order chi connectivity index (χ0) is 16.3. The lowest BCUT2D eigenvalue weighted by Crippen LogP contribution is -2.12. The maximum absolute atomic E-state index is 12.6. The van der Waals surface area contributed by atoms with Crippen molar-refractivity contribution >= 4 is 11.5 Å². The summed E-state index contributed by atoms with van der Waals surface area (Å²) >= 11 is 0. The van der Waals surface area contributed by atoms with Gasteiger partial charge in [-0.05, 0) is 6.92 Å². The third kappa shape index (κ3) is 2.60. The number of carbonyl (C=O) groups is 1. The predicted molar refractivity (Wildman–Crippen MR) is 75.3 cm³/mol. The summed E-state index contributed by atoms with van der Waals surface area (Å²) in [7, 11) is 2.74. The molecule has 2 rings (SSSR count). The molecule has 0 unspecified atom stereocenters. The Hall–Kier alpha value is -2.97. The van der Waals surface area contributed by atoms with Gasteiger partial charge in [0.25, 0.3) is 5.69 Å². The zero-order valence-corrected chi connectivity index (χ0v) is 12.3. The molecule has 0 amide bonds. The summed E-state index contributed by atoms with van der Waals surface area (Å²) in [6.45, 7) is 2.20. The Labute approximate surface area is 125 Å². The molecule has 0 radical (unpaired) electrons. The van der Waals surface area contributed by atoms with Gasteiger partial charge in [-0.15, -0.1) is 5.10 Å². The van der Waals surface area contributed by atoms with Gasteiger partial charge in [0.1, 0.15) is 11.3 Å². The summed E-state index contributed by atoms with van der Waals surface area (Å²) in [5.41, 5.74) is -0.316. The molecule has 9 heteroatoms. The zero-order valence-electron chi connectivity index (χ0n) is 12.3. The molecule has 0 spiro atoms. The SMILES string of the molecule is CCn1nncc1C(=O)c1cc(OC)c(OC)cc1[N+](=O)[O-]. The largest absolute Gasteiger partial charge is 0.493 e. The third-order valence-electron chi connectivity index (χ3n) is 3.09. The molecular formula is C13H14N4O5. The summed E-state index contributed by atoms with van der Waals surface area (Å²) in [6, 6.07) is 2.44. The lowest BCUT2D eigenvalue weighted by Gasteiger charge is -2.10. The van der Waals surface area contributed by atoms with E-state index in [9.17, 15) is 14.9 Å². The number of nitro groups is 1. The van der Waals surface area contributed by atoms with Crippen molar-refractivity contribution in [1.29, 1.82) is 0 Å². The first-order valence-electron chi connectivity index (χ1n) is 6.37. The number of hydrogen-bond donors (Lipinski definition) is 0. The van der Waals surface area contributed by atoms with E-state index in [0.29, 0.717) is 6.54 Å². The van der Waals surface area contributed by atoms with Crippen molar-refractivity contribution < 1.29 is 19.2 Å². The van der Waals surface area contributed by atoms with Crippen LogP contribution < -0.4 is 9.47 Å². The monoisotopic (exact) mass is 306 g/mol. The van der Waals surface area contributed by atoms with Crippen LogP contribution in [0.4, 0.5) is 5.69 Å². The minimum atomic E-state index is -0.644. The molecule has 0 saturated heterocycles. The Morgan fingerprint density at radius 2 is 1.95 bits per heavy atom. The molecule has 2 aromatic rings. The van der Waals surface area contributed by atoms with E-state index >= 15 is 0 Å². The molecule has 0 atom stereocenters. The molecular weight excluding hydrogens is 292 g/mol. The van der Waals surface area contributed by atoms with Gasteiger partial charge in [-0.3, -0.25) is 14.9 Å². The molecule has 0 fully saturated rings. The van der Waals surface area contributed by atoms with Gasteiger partial charge in [-0.2, -0.15) is 0 Å². The highest BCUT2D eigenvalue weighted by atomic mass is 16.6. The van der Waals surface area contributed by atoms with Gasteiger partial charge in [-0.25, -0.2) is 4.68 Å². The van der Waals surface area contributed by atoms with Crippen molar-refractivity contribution in [3.63, 3.8) is 0 Å². The van der Waals surface area contributed by atoms with E-state index in [4.69, 9.17) is 9.47 Å². The summed E-state index contributed by atoms with van der Waals surface area (Å²) < 4.78 is 11.5. The van der Waals surface area contributed by atoms with Crippen molar-refractivity contribution in [3.05, 3.63) is 39.7 Å². The molecule has 1 heterocycles. The van der Waals surface area contributed by atoms with Crippen molar-refractivity contribution in [2.45, 2.75) is 13.5 Å². The number of ketones is 1. The van der Waals surface area contributed by atoms with E-state index in [2.05, 4.69) is 10.3 Å². The fourth-order valence-electron chi connectivity index (χ4n) is 2.01. The normalized spacial score (nSPS) is 10.3. The Balaban J connectivity index is 2.62. The van der Waals surface area contributed by atoms with Crippen LogP contribution in [0.2, 0.25) is 0 Å². The highest BCUT2D eigenvalue weighted by Gasteiger charge is 2.27. The highest BCUT2D eigenvalue weighted by molar-refractivity contribution is 6.10. The van der Waals surface area contributed by atoms with Crippen molar-refractivity contribution in [2.24, 2.45) is 0 Å². The molecule has 9 nitrogen and oxygen atoms in total. The van der Waals surface area contributed by atoms with Crippen LogP contribution in [0.1, 0.15) is 23.0 Å². The van der Waals surface area contributed by atoms with Gasteiger partial charge in [0, 0.05) is 12.6 Å². The van der Waals surface area contributed by atoms with Crippen LogP contribution in [0.25, 0.3) is 0 Å². The summed E-state index contributed by atoms with van der Waals surface area (Å²) in [5.74, 6) is -0.153. The first kappa shape index (κ1) is 15.4. The number of nitro benzene ring substituents is 1. The summed E-state index contributed by atoms with van der Waals surface area (Å²) in [4.78, 5) is 23.2. The number of nitrogens with zero attached hydrogens (tertiary/aromatic N) is 4. The Bertz CT molecular complexity index is 725. The van der Waals surface area contributed by atoms with Crippen molar-refractivity contribution in [1.82, 2.24) is 15.0 Å². The summed E-state index contributed by atoms with van der Waals surface area (Å²) in [6.07, 6.45) is 1.27. The number of ether oxygens (including phenoxy) is 2. The molecule has 0 bridgehead atoms. The van der Waals surface area contributed by atoms with E-state index in [1.807, 2.05) is 0 Å². The number of carbonyl (C=O) groups excluding carboxylic acids is 1. The molecule has 1 aromatic heterocycles. The number of rotatable bonds is 6. The number of aryl methyl sites for hydroxylation is 1. The maximum Gasteiger partial charge on any atom is 0.284 e. The van der Waals surface area contributed by atoms with E-state index < -0.39 is 10.7 Å². The standard InChI is InChI=1S/C13H14N4O5/c1-4-16-10(7-14-15-16)13(18)8-5-11(21-2)12(22-3)6-9(8)17(19)20/h5-7H,4H2,1-3H3. The second-order valence-electron chi connectivity index (χ2n) is 4.25. The quantitative estimate of drug-likeness (QED) is 0.451. The van der Waals surface area contributed by atoms with Crippen LogP contribution in [-0.4, -0.2) is 39.9 Å². The van der Waals surface area contributed by atoms with Crippen LogP contribution >= 0.6 is 0 Å². The van der Waals surface area contributed by atoms with E-state index in [1.54, 1.807) is 6.92 Å². The Morgan fingerprint density at radius 1 is 1.32 bits per heavy atom. The first-order valence-corrected chi connectivity index (χ1v) is 6.37. The number of benzene rings is 1. The van der Waals surface area contributed by atoms with Crippen LogP contribution in [0.3, 0.4) is 0 Å². The van der Waals surface area contributed by atoms with Crippen molar-refractivity contribution in [2.75, 3.05) is 14.2 Å². The number of methoxy groups -OCH3 is 2. The Kier molecular flexibility index (Phi) is 4.35. The van der Waals surface area contributed by atoms with Gasteiger partial charge < -0.3 is 9.47 Å². The Morgan fingerprint density at radius 3 is 2.50 bits per heavy atom.